The molecule has 30 heavy (non-hydrogen) atoms. The van der Waals surface area contributed by atoms with Gasteiger partial charge in [0.2, 0.25) is 0 Å². The maximum Gasteiger partial charge on any atom is 0.269 e. The van der Waals surface area contributed by atoms with Crippen LogP contribution in [0.3, 0.4) is 0 Å². The maximum absolute atomic E-state index is 12.3. The molecule has 0 aliphatic heterocycles. The van der Waals surface area contributed by atoms with Crippen LogP contribution in [0.1, 0.15) is 26.3 Å². The van der Waals surface area contributed by atoms with Crippen molar-refractivity contribution in [3.63, 3.8) is 0 Å². The summed E-state index contributed by atoms with van der Waals surface area (Å²) < 4.78 is 0. The Kier molecular flexibility index (Phi) is 7.51. The number of carbonyl (C=O) groups is 2. The summed E-state index contributed by atoms with van der Waals surface area (Å²) in [7, 11) is 0. The van der Waals surface area contributed by atoms with Crippen molar-refractivity contribution in [2.45, 2.75) is 6.42 Å². The first kappa shape index (κ1) is 21.0. The molecule has 0 saturated carbocycles. The molecule has 152 valence electrons. The Hall–Kier alpha value is -3.71. The van der Waals surface area contributed by atoms with Crippen molar-refractivity contribution in [3.05, 3.63) is 102 Å². The summed E-state index contributed by atoms with van der Waals surface area (Å²) >= 11 is 5.17. The SMILES string of the molecule is O=C(NNC(=S)NCCc1ccccc1)c1ccc(NC(=O)c2ccccc2)cc1. The van der Waals surface area contributed by atoms with Gasteiger partial charge in [0.25, 0.3) is 11.8 Å². The lowest BCUT2D eigenvalue weighted by molar-refractivity contribution is 0.0943. The molecule has 0 bridgehead atoms. The van der Waals surface area contributed by atoms with Crippen LogP contribution in [0.2, 0.25) is 0 Å². The minimum Gasteiger partial charge on any atom is -0.361 e. The molecule has 3 rings (SSSR count). The van der Waals surface area contributed by atoms with Crippen LogP contribution < -0.4 is 21.5 Å². The van der Waals surface area contributed by atoms with Crippen LogP contribution in [-0.4, -0.2) is 23.5 Å². The molecular formula is C23H22N4O2S. The zero-order valence-electron chi connectivity index (χ0n) is 16.2. The number of nitrogens with one attached hydrogen (secondary N) is 4. The van der Waals surface area contributed by atoms with Gasteiger partial charge in [-0.3, -0.25) is 20.4 Å². The fourth-order valence-corrected chi connectivity index (χ4v) is 2.85. The van der Waals surface area contributed by atoms with E-state index < -0.39 is 0 Å². The highest BCUT2D eigenvalue weighted by Crippen LogP contribution is 2.11. The van der Waals surface area contributed by atoms with Gasteiger partial charge in [0.15, 0.2) is 5.11 Å². The molecular weight excluding hydrogens is 396 g/mol. The predicted molar refractivity (Wildman–Crippen MR) is 122 cm³/mol. The van der Waals surface area contributed by atoms with Crippen molar-refractivity contribution in [2.75, 3.05) is 11.9 Å². The Morgan fingerprint density at radius 1 is 0.700 bits per heavy atom. The normalized spacial score (nSPS) is 10.0. The first-order valence-corrected chi connectivity index (χ1v) is 9.87. The van der Waals surface area contributed by atoms with Crippen LogP contribution in [0.4, 0.5) is 5.69 Å². The molecule has 0 spiro atoms. The first-order chi connectivity index (χ1) is 14.6. The molecule has 0 atom stereocenters. The molecule has 3 aromatic carbocycles. The van der Waals surface area contributed by atoms with E-state index in [0.29, 0.717) is 28.5 Å². The van der Waals surface area contributed by atoms with Crippen LogP contribution in [0.5, 0.6) is 0 Å². The smallest absolute Gasteiger partial charge is 0.269 e. The zero-order valence-corrected chi connectivity index (χ0v) is 17.0. The van der Waals surface area contributed by atoms with Crippen molar-refractivity contribution >= 4 is 34.8 Å². The summed E-state index contributed by atoms with van der Waals surface area (Å²) in [5, 5.41) is 6.18. The lowest BCUT2D eigenvalue weighted by atomic mass is 10.1. The van der Waals surface area contributed by atoms with Gasteiger partial charge in [-0.05, 0) is 60.6 Å². The van der Waals surface area contributed by atoms with Crippen LogP contribution in [0, 0.1) is 0 Å². The zero-order chi connectivity index (χ0) is 21.2. The van der Waals surface area contributed by atoms with Crippen LogP contribution in [-0.2, 0) is 6.42 Å². The molecule has 0 unspecified atom stereocenters. The van der Waals surface area contributed by atoms with E-state index in [2.05, 4.69) is 21.5 Å². The topological polar surface area (TPSA) is 82.3 Å². The average molecular weight is 419 g/mol. The van der Waals surface area contributed by atoms with E-state index in [9.17, 15) is 9.59 Å². The quantitative estimate of drug-likeness (QED) is 0.365. The Morgan fingerprint density at radius 2 is 1.30 bits per heavy atom. The van der Waals surface area contributed by atoms with Gasteiger partial charge in [0.1, 0.15) is 0 Å². The number of thiocarbonyl (C=S) groups is 1. The molecule has 0 saturated heterocycles. The Morgan fingerprint density at radius 3 is 1.97 bits per heavy atom. The molecule has 6 nitrogen and oxygen atoms in total. The second-order valence-corrected chi connectivity index (χ2v) is 6.88. The molecule has 0 radical (unpaired) electrons. The molecule has 3 aromatic rings. The highest BCUT2D eigenvalue weighted by atomic mass is 32.1. The Balaban J connectivity index is 1.42. The number of hydrogen-bond acceptors (Lipinski definition) is 3. The second kappa shape index (κ2) is 10.7. The van der Waals surface area contributed by atoms with E-state index in [1.165, 1.54) is 5.56 Å². The number of benzene rings is 3. The third kappa shape index (κ3) is 6.42. The number of hydrogen-bond donors (Lipinski definition) is 4. The van der Waals surface area contributed by atoms with Gasteiger partial charge in [-0.1, -0.05) is 48.5 Å². The van der Waals surface area contributed by atoms with Gasteiger partial charge >= 0.3 is 0 Å². The largest absolute Gasteiger partial charge is 0.361 e. The summed E-state index contributed by atoms with van der Waals surface area (Å²) in [6.07, 6.45) is 0.826. The third-order valence-corrected chi connectivity index (χ3v) is 4.52. The molecule has 0 aliphatic carbocycles. The highest BCUT2D eigenvalue weighted by molar-refractivity contribution is 7.80. The minimum absolute atomic E-state index is 0.207. The average Bonchev–Trinajstić information content (AvgIpc) is 2.79. The van der Waals surface area contributed by atoms with E-state index in [-0.39, 0.29) is 11.8 Å². The number of amides is 2. The molecule has 4 N–H and O–H groups in total. The van der Waals surface area contributed by atoms with Crippen LogP contribution >= 0.6 is 12.2 Å². The summed E-state index contributed by atoms with van der Waals surface area (Å²) in [4.78, 5) is 24.4. The minimum atomic E-state index is -0.330. The number of hydrazine groups is 1. The van der Waals surface area contributed by atoms with Crippen LogP contribution in [0.25, 0.3) is 0 Å². The highest BCUT2D eigenvalue weighted by Gasteiger charge is 2.08. The van der Waals surface area contributed by atoms with E-state index in [0.717, 1.165) is 6.42 Å². The van der Waals surface area contributed by atoms with Crippen molar-refractivity contribution < 1.29 is 9.59 Å². The predicted octanol–water partition coefficient (Wildman–Crippen LogP) is 3.29. The Labute approximate surface area is 180 Å². The third-order valence-electron chi connectivity index (χ3n) is 4.27. The molecule has 0 aliphatic rings. The fraction of sp³-hybridized carbons (Fsp3) is 0.0870. The van der Waals surface area contributed by atoms with Crippen molar-refractivity contribution in [1.29, 1.82) is 0 Å². The molecule has 0 aromatic heterocycles. The van der Waals surface area contributed by atoms with Gasteiger partial charge in [0.05, 0.1) is 0 Å². The fourth-order valence-electron chi connectivity index (χ4n) is 2.69. The molecule has 0 heterocycles. The van der Waals surface area contributed by atoms with Gasteiger partial charge in [-0.2, -0.15) is 0 Å². The van der Waals surface area contributed by atoms with Crippen molar-refractivity contribution in [1.82, 2.24) is 16.2 Å². The molecule has 7 heteroatoms. The Bertz CT molecular complexity index is 993. The molecule has 2 amide bonds. The van der Waals surface area contributed by atoms with Gasteiger partial charge < -0.3 is 10.6 Å². The number of anilines is 1. The van der Waals surface area contributed by atoms with E-state index in [4.69, 9.17) is 12.2 Å². The van der Waals surface area contributed by atoms with Gasteiger partial charge in [-0.25, -0.2) is 0 Å². The standard InChI is InChI=1S/C23H22N4O2S/c28-21(18-9-5-2-6-10-18)25-20-13-11-19(12-14-20)22(29)26-27-23(30)24-16-15-17-7-3-1-4-8-17/h1-14H,15-16H2,(H,25,28)(H,26,29)(H2,24,27,30). The van der Waals surface area contributed by atoms with Crippen molar-refractivity contribution in [3.8, 4) is 0 Å². The summed E-state index contributed by atoms with van der Waals surface area (Å²) in [5.41, 5.74) is 8.05. The first-order valence-electron chi connectivity index (χ1n) is 9.46. The maximum atomic E-state index is 12.3. The van der Waals surface area contributed by atoms with Gasteiger partial charge in [0, 0.05) is 23.4 Å². The second-order valence-electron chi connectivity index (χ2n) is 6.47. The van der Waals surface area contributed by atoms with E-state index in [1.807, 2.05) is 36.4 Å². The monoisotopic (exact) mass is 418 g/mol. The van der Waals surface area contributed by atoms with Crippen LogP contribution in [0.15, 0.2) is 84.9 Å². The summed E-state index contributed by atoms with van der Waals surface area (Å²) in [6, 6.07) is 25.6. The number of rotatable bonds is 6. The van der Waals surface area contributed by atoms with Crippen molar-refractivity contribution in [2.24, 2.45) is 0 Å². The lowest BCUT2D eigenvalue weighted by Gasteiger charge is -2.12. The summed E-state index contributed by atoms with van der Waals surface area (Å²) in [5.74, 6) is -0.537. The van der Waals surface area contributed by atoms with Gasteiger partial charge in [-0.15, -0.1) is 0 Å². The molecule has 0 fully saturated rings. The lowest BCUT2D eigenvalue weighted by Crippen LogP contribution is -2.47. The van der Waals surface area contributed by atoms with E-state index >= 15 is 0 Å². The summed E-state index contributed by atoms with van der Waals surface area (Å²) in [6.45, 7) is 0.654. The van der Waals surface area contributed by atoms with E-state index in [1.54, 1.807) is 48.5 Å². The number of carbonyl (C=O) groups excluding carboxylic acids is 2.